The Balaban J connectivity index is 2.01. The van der Waals surface area contributed by atoms with Crippen LogP contribution in [-0.4, -0.2) is 25.7 Å². The third-order valence-electron chi connectivity index (χ3n) is 3.33. The van der Waals surface area contributed by atoms with Crippen LogP contribution in [-0.2, 0) is 16.3 Å². The first-order valence-electron chi connectivity index (χ1n) is 7.02. The Morgan fingerprint density at radius 2 is 1.91 bits per heavy atom. The van der Waals surface area contributed by atoms with Gasteiger partial charge in [0.2, 0.25) is 0 Å². The van der Waals surface area contributed by atoms with Gasteiger partial charge in [-0.15, -0.1) is 0 Å². The smallest absolute Gasteiger partial charge is 0.179 e. The molecule has 0 fully saturated rings. The average Bonchev–Trinajstić information content (AvgIpc) is 2.46. The first kappa shape index (κ1) is 17.0. The summed E-state index contributed by atoms with van der Waals surface area (Å²) in [6.45, 7) is 2.03. The van der Waals surface area contributed by atoms with E-state index in [-0.39, 0.29) is 10.9 Å². The minimum absolute atomic E-state index is 0.124. The Morgan fingerprint density at radius 3 is 2.55 bits per heavy atom. The number of sulfone groups is 1. The lowest BCUT2D eigenvalue weighted by atomic mass is 10.1. The average molecular weight is 383 g/mol. The van der Waals surface area contributed by atoms with E-state index in [0.717, 1.165) is 17.3 Å². The molecule has 0 amide bonds. The molecule has 1 unspecified atom stereocenters. The summed E-state index contributed by atoms with van der Waals surface area (Å²) in [7, 11) is -3.28. The highest BCUT2D eigenvalue weighted by Gasteiger charge is 2.15. The largest absolute Gasteiger partial charge is 0.367 e. The normalized spacial score (nSPS) is 12.9. The second kappa shape index (κ2) is 7.24. The summed E-state index contributed by atoms with van der Waals surface area (Å²) in [4.78, 5) is 4.40. The summed E-state index contributed by atoms with van der Waals surface area (Å²) < 4.78 is 24.6. The van der Waals surface area contributed by atoms with Gasteiger partial charge in [0.15, 0.2) is 9.84 Å². The lowest BCUT2D eigenvalue weighted by Gasteiger charge is -2.16. The molecule has 0 spiro atoms. The minimum Gasteiger partial charge on any atom is -0.367 e. The minimum atomic E-state index is -3.28. The van der Waals surface area contributed by atoms with Crippen LogP contribution in [0.5, 0.6) is 0 Å². The lowest BCUT2D eigenvalue weighted by molar-refractivity contribution is 0.601. The molecule has 4 nitrogen and oxygen atoms in total. The van der Waals surface area contributed by atoms with E-state index in [2.05, 4.69) is 38.4 Å². The van der Waals surface area contributed by atoms with Crippen molar-refractivity contribution >= 4 is 31.6 Å². The number of hydrogen-bond acceptors (Lipinski definition) is 4. The number of nitrogens with one attached hydrogen (secondary N) is 1. The van der Waals surface area contributed by atoms with E-state index >= 15 is 0 Å². The van der Waals surface area contributed by atoms with Crippen LogP contribution < -0.4 is 5.32 Å². The molecular formula is C16H19BrN2O2S. The molecule has 6 heteroatoms. The lowest BCUT2D eigenvalue weighted by Crippen LogP contribution is -2.19. The van der Waals surface area contributed by atoms with Crippen molar-refractivity contribution in [2.24, 2.45) is 0 Å². The maximum absolute atomic E-state index is 11.8. The molecule has 1 aromatic heterocycles. The molecule has 0 saturated heterocycles. The Labute approximate surface area is 140 Å². The molecule has 1 atom stereocenters. The van der Waals surface area contributed by atoms with Gasteiger partial charge in [-0.1, -0.05) is 28.1 Å². The van der Waals surface area contributed by atoms with Gasteiger partial charge in [-0.25, -0.2) is 13.4 Å². The molecule has 1 aromatic carbocycles. The van der Waals surface area contributed by atoms with Gasteiger partial charge in [0, 0.05) is 23.0 Å². The van der Waals surface area contributed by atoms with Crippen LogP contribution in [0.2, 0.25) is 0 Å². The Kier molecular flexibility index (Phi) is 5.58. The maximum Gasteiger partial charge on any atom is 0.179 e. The Hall–Kier alpha value is -1.40. The SMILES string of the molecule is CC(CCc1ccc(Br)cc1)Nc1ncccc1S(C)(=O)=O. The summed E-state index contributed by atoms with van der Waals surface area (Å²) >= 11 is 3.42. The van der Waals surface area contributed by atoms with E-state index in [4.69, 9.17) is 0 Å². The highest BCUT2D eigenvalue weighted by atomic mass is 79.9. The molecule has 0 aliphatic rings. The van der Waals surface area contributed by atoms with E-state index in [1.165, 1.54) is 11.8 Å². The van der Waals surface area contributed by atoms with Crippen molar-refractivity contribution in [3.63, 3.8) is 0 Å². The molecule has 2 aromatic rings. The van der Waals surface area contributed by atoms with Crippen LogP contribution in [0, 0.1) is 0 Å². The monoisotopic (exact) mass is 382 g/mol. The number of pyridine rings is 1. The first-order chi connectivity index (χ1) is 10.4. The van der Waals surface area contributed by atoms with Crippen LogP contribution >= 0.6 is 15.9 Å². The predicted octanol–water partition coefficient (Wildman–Crippen LogP) is 3.68. The van der Waals surface area contributed by atoms with Crippen molar-refractivity contribution in [1.29, 1.82) is 0 Å². The van der Waals surface area contributed by atoms with Crippen molar-refractivity contribution in [3.8, 4) is 0 Å². The Morgan fingerprint density at radius 1 is 1.23 bits per heavy atom. The van der Waals surface area contributed by atoms with Gasteiger partial charge in [0.25, 0.3) is 0 Å². The Bertz CT molecular complexity index is 730. The van der Waals surface area contributed by atoms with Crippen molar-refractivity contribution in [2.75, 3.05) is 11.6 Å². The fraction of sp³-hybridized carbons (Fsp3) is 0.312. The molecule has 22 heavy (non-hydrogen) atoms. The highest BCUT2D eigenvalue weighted by molar-refractivity contribution is 9.10. The number of rotatable bonds is 6. The molecule has 0 aliphatic heterocycles. The first-order valence-corrected chi connectivity index (χ1v) is 9.71. The molecule has 0 bridgehead atoms. The number of aromatic nitrogens is 1. The number of aryl methyl sites for hydroxylation is 1. The molecule has 0 radical (unpaired) electrons. The zero-order valence-corrected chi connectivity index (χ0v) is 15.0. The summed E-state index contributed by atoms with van der Waals surface area (Å²) in [5.41, 5.74) is 1.25. The molecular weight excluding hydrogens is 364 g/mol. The zero-order valence-electron chi connectivity index (χ0n) is 12.6. The summed E-state index contributed by atoms with van der Waals surface area (Å²) in [5.74, 6) is 0.424. The number of nitrogens with zero attached hydrogens (tertiary/aromatic N) is 1. The van der Waals surface area contributed by atoms with Crippen LogP contribution in [0.15, 0.2) is 52.0 Å². The van der Waals surface area contributed by atoms with Crippen LogP contribution in [0.4, 0.5) is 5.82 Å². The van der Waals surface area contributed by atoms with Crippen LogP contribution in [0.1, 0.15) is 18.9 Å². The third-order valence-corrected chi connectivity index (χ3v) is 4.99. The number of anilines is 1. The second-order valence-electron chi connectivity index (χ2n) is 5.33. The van der Waals surface area contributed by atoms with Crippen molar-refractivity contribution in [1.82, 2.24) is 4.98 Å². The van der Waals surface area contributed by atoms with Gasteiger partial charge in [-0.2, -0.15) is 0 Å². The molecule has 0 saturated carbocycles. The molecule has 1 heterocycles. The topological polar surface area (TPSA) is 59.1 Å². The van der Waals surface area contributed by atoms with Gasteiger partial charge >= 0.3 is 0 Å². The van der Waals surface area contributed by atoms with E-state index in [9.17, 15) is 8.42 Å². The van der Waals surface area contributed by atoms with Gasteiger partial charge in [-0.3, -0.25) is 0 Å². The summed E-state index contributed by atoms with van der Waals surface area (Å²) in [5, 5.41) is 3.20. The molecule has 118 valence electrons. The summed E-state index contributed by atoms with van der Waals surface area (Å²) in [6, 6.07) is 11.5. The third kappa shape index (κ3) is 4.81. The van der Waals surface area contributed by atoms with Crippen LogP contribution in [0.3, 0.4) is 0 Å². The van der Waals surface area contributed by atoms with E-state index in [1.807, 2.05) is 19.1 Å². The highest BCUT2D eigenvalue weighted by Crippen LogP contribution is 2.20. The van der Waals surface area contributed by atoms with Crippen molar-refractivity contribution < 1.29 is 8.42 Å². The molecule has 2 rings (SSSR count). The number of halogens is 1. The standard InChI is InChI=1S/C16H19BrN2O2S/c1-12(5-6-13-7-9-14(17)10-8-13)19-16-15(22(2,20)21)4-3-11-18-16/h3-4,7-12H,5-6H2,1-2H3,(H,18,19). The zero-order chi connectivity index (χ0) is 16.2. The van der Waals surface area contributed by atoms with Crippen molar-refractivity contribution in [3.05, 3.63) is 52.6 Å². The summed E-state index contributed by atoms with van der Waals surface area (Å²) in [6.07, 6.45) is 4.60. The van der Waals surface area contributed by atoms with E-state index in [1.54, 1.807) is 18.3 Å². The molecule has 1 N–H and O–H groups in total. The van der Waals surface area contributed by atoms with Crippen molar-refractivity contribution in [2.45, 2.75) is 30.7 Å². The van der Waals surface area contributed by atoms with Gasteiger partial charge < -0.3 is 5.32 Å². The number of benzene rings is 1. The van der Waals surface area contributed by atoms with Gasteiger partial charge in [0.05, 0.1) is 0 Å². The van der Waals surface area contributed by atoms with E-state index < -0.39 is 9.84 Å². The molecule has 0 aliphatic carbocycles. The quantitative estimate of drug-likeness (QED) is 0.827. The van der Waals surface area contributed by atoms with E-state index in [0.29, 0.717) is 5.82 Å². The fourth-order valence-corrected chi connectivity index (χ4v) is 3.19. The van der Waals surface area contributed by atoms with Crippen LogP contribution in [0.25, 0.3) is 0 Å². The maximum atomic E-state index is 11.8. The second-order valence-corrected chi connectivity index (χ2v) is 8.23. The number of hydrogen-bond donors (Lipinski definition) is 1. The van der Waals surface area contributed by atoms with Gasteiger partial charge in [-0.05, 0) is 49.6 Å². The predicted molar refractivity (Wildman–Crippen MR) is 92.9 cm³/mol. The fourth-order valence-electron chi connectivity index (χ4n) is 2.14. The van der Waals surface area contributed by atoms with Gasteiger partial charge in [0.1, 0.15) is 10.7 Å².